The Labute approximate surface area is 157 Å². The molecule has 0 saturated heterocycles. The molecule has 0 fully saturated rings. The first kappa shape index (κ1) is 20.0. The molecule has 0 spiro atoms. The van der Waals surface area contributed by atoms with E-state index in [1.807, 2.05) is 6.07 Å². The van der Waals surface area contributed by atoms with Gasteiger partial charge in [-0.05, 0) is 49.2 Å². The van der Waals surface area contributed by atoms with Crippen molar-refractivity contribution < 1.29 is 24.2 Å². The lowest BCUT2D eigenvalue weighted by Gasteiger charge is -2.11. The molecule has 2 amide bonds. The molecular formula is C20H22N2O5. The lowest BCUT2D eigenvalue weighted by atomic mass is 10.1. The van der Waals surface area contributed by atoms with Gasteiger partial charge < -0.3 is 20.5 Å². The van der Waals surface area contributed by atoms with Gasteiger partial charge in [0.05, 0.1) is 0 Å². The van der Waals surface area contributed by atoms with E-state index in [1.165, 1.54) is 0 Å². The smallest absolute Gasteiger partial charge is 0.341 e. The Bertz CT molecular complexity index is 805. The van der Waals surface area contributed by atoms with E-state index in [2.05, 4.69) is 10.6 Å². The maximum absolute atomic E-state index is 12.0. The van der Waals surface area contributed by atoms with Crippen molar-refractivity contribution in [3.05, 3.63) is 59.7 Å². The molecule has 0 atom stereocenters. The maximum Gasteiger partial charge on any atom is 0.341 e. The number of carboxylic acid groups (broad SMARTS) is 1. The first-order valence-electron chi connectivity index (χ1n) is 8.54. The van der Waals surface area contributed by atoms with Crippen LogP contribution in [0, 0.1) is 6.92 Å². The predicted molar refractivity (Wildman–Crippen MR) is 101 cm³/mol. The van der Waals surface area contributed by atoms with Crippen LogP contribution in [-0.4, -0.2) is 36.0 Å². The van der Waals surface area contributed by atoms with E-state index >= 15 is 0 Å². The second kappa shape index (κ2) is 9.96. The second-order valence-corrected chi connectivity index (χ2v) is 5.93. The number of rotatable bonds is 9. The molecule has 2 rings (SSSR count). The highest BCUT2D eigenvalue weighted by Gasteiger charge is 2.08. The summed E-state index contributed by atoms with van der Waals surface area (Å²) in [6.45, 7) is 1.78. The molecule has 7 nitrogen and oxygen atoms in total. The van der Waals surface area contributed by atoms with E-state index in [0.717, 1.165) is 5.56 Å². The number of amides is 2. The summed E-state index contributed by atoms with van der Waals surface area (Å²) >= 11 is 0. The molecule has 0 aliphatic carbocycles. The average Bonchev–Trinajstić information content (AvgIpc) is 2.66. The molecule has 7 heteroatoms. The fourth-order valence-corrected chi connectivity index (χ4v) is 2.37. The Morgan fingerprint density at radius 2 is 1.81 bits per heavy atom. The van der Waals surface area contributed by atoms with Gasteiger partial charge in [-0.1, -0.05) is 18.2 Å². The summed E-state index contributed by atoms with van der Waals surface area (Å²) in [5.74, 6) is -0.948. The van der Waals surface area contributed by atoms with Crippen molar-refractivity contribution in [3.63, 3.8) is 0 Å². The quantitative estimate of drug-likeness (QED) is 0.589. The number of carboxylic acids is 1. The molecule has 2 aromatic carbocycles. The lowest BCUT2D eigenvalue weighted by Crippen LogP contribution is -2.25. The van der Waals surface area contributed by atoms with Crippen LogP contribution in [0.5, 0.6) is 5.75 Å². The van der Waals surface area contributed by atoms with Crippen LogP contribution in [-0.2, 0) is 9.59 Å². The number of nitrogens with one attached hydrogen (secondary N) is 2. The fraction of sp³-hybridized carbons (Fsp3) is 0.250. The normalized spacial score (nSPS) is 10.1. The van der Waals surface area contributed by atoms with Gasteiger partial charge in [0.15, 0.2) is 6.61 Å². The van der Waals surface area contributed by atoms with Gasteiger partial charge in [-0.25, -0.2) is 4.79 Å². The number of benzene rings is 2. The van der Waals surface area contributed by atoms with Crippen molar-refractivity contribution >= 4 is 23.5 Å². The number of hydrogen-bond acceptors (Lipinski definition) is 4. The van der Waals surface area contributed by atoms with Crippen molar-refractivity contribution in [2.75, 3.05) is 18.5 Å². The molecule has 0 aliphatic rings. The first-order chi connectivity index (χ1) is 13.0. The van der Waals surface area contributed by atoms with E-state index < -0.39 is 12.6 Å². The zero-order valence-corrected chi connectivity index (χ0v) is 15.0. The largest absolute Gasteiger partial charge is 0.482 e. The number of aliphatic carboxylic acids is 1. The number of carbonyl (C=O) groups excluding carboxylic acids is 2. The van der Waals surface area contributed by atoms with Crippen molar-refractivity contribution in [2.24, 2.45) is 0 Å². The van der Waals surface area contributed by atoms with Crippen LogP contribution in [0.15, 0.2) is 48.5 Å². The summed E-state index contributed by atoms with van der Waals surface area (Å²) in [4.78, 5) is 34.4. The third-order valence-corrected chi connectivity index (χ3v) is 3.74. The van der Waals surface area contributed by atoms with E-state index in [1.54, 1.807) is 49.4 Å². The SMILES string of the molecule is Cc1cc(OCC(=O)O)ccc1NC(=O)CCCNC(=O)c1ccccc1. The van der Waals surface area contributed by atoms with Crippen LogP contribution in [0.3, 0.4) is 0 Å². The van der Waals surface area contributed by atoms with Crippen molar-refractivity contribution in [1.82, 2.24) is 5.32 Å². The summed E-state index contributed by atoms with van der Waals surface area (Å²) in [6, 6.07) is 13.8. The third kappa shape index (κ3) is 6.81. The number of carbonyl (C=O) groups is 3. The molecule has 0 unspecified atom stereocenters. The molecule has 0 aromatic heterocycles. The van der Waals surface area contributed by atoms with Crippen LogP contribution in [0.4, 0.5) is 5.69 Å². The molecule has 27 heavy (non-hydrogen) atoms. The lowest BCUT2D eigenvalue weighted by molar-refractivity contribution is -0.139. The first-order valence-corrected chi connectivity index (χ1v) is 8.54. The Morgan fingerprint density at radius 1 is 1.07 bits per heavy atom. The summed E-state index contributed by atoms with van der Waals surface area (Å²) in [7, 11) is 0. The molecule has 0 saturated carbocycles. The number of ether oxygens (including phenoxy) is 1. The van der Waals surface area contributed by atoms with Crippen LogP contribution in [0.25, 0.3) is 0 Å². The summed E-state index contributed by atoms with van der Waals surface area (Å²) in [5.41, 5.74) is 1.99. The second-order valence-electron chi connectivity index (χ2n) is 5.93. The van der Waals surface area contributed by atoms with E-state index in [-0.39, 0.29) is 18.2 Å². The zero-order chi connectivity index (χ0) is 19.6. The Kier molecular flexibility index (Phi) is 7.37. The van der Waals surface area contributed by atoms with Gasteiger partial charge >= 0.3 is 5.97 Å². The molecule has 0 radical (unpaired) electrons. The molecule has 3 N–H and O–H groups in total. The Balaban J connectivity index is 1.74. The van der Waals surface area contributed by atoms with Crippen LogP contribution >= 0.6 is 0 Å². The topological polar surface area (TPSA) is 105 Å². The Hall–Kier alpha value is -3.35. The van der Waals surface area contributed by atoms with Crippen molar-refractivity contribution in [3.8, 4) is 5.75 Å². The third-order valence-electron chi connectivity index (χ3n) is 3.74. The molecule has 0 bridgehead atoms. The summed E-state index contributed by atoms with van der Waals surface area (Å²) in [6.07, 6.45) is 0.787. The minimum absolute atomic E-state index is 0.161. The van der Waals surface area contributed by atoms with Crippen LogP contribution in [0.2, 0.25) is 0 Å². The highest BCUT2D eigenvalue weighted by molar-refractivity contribution is 5.94. The predicted octanol–water partition coefficient (Wildman–Crippen LogP) is 2.61. The van der Waals surface area contributed by atoms with E-state index in [9.17, 15) is 14.4 Å². The fourth-order valence-electron chi connectivity index (χ4n) is 2.37. The molecule has 142 valence electrons. The maximum atomic E-state index is 12.0. The number of anilines is 1. The Morgan fingerprint density at radius 3 is 2.48 bits per heavy atom. The minimum Gasteiger partial charge on any atom is -0.482 e. The molecular weight excluding hydrogens is 348 g/mol. The van der Waals surface area contributed by atoms with Gasteiger partial charge in [-0.3, -0.25) is 9.59 Å². The van der Waals surface area contributed by atoms with Gasteiger partial charge in [0.25, 0.3) is 5.91 Å². The van der Waals surface area contributed by atoms with Crippen molar-refractivity contribution in [1.29, 1.82) is 0 Å². The summed E-state index contributed by atoms with van der Waals surface area (Å²) < 4.78 is 5.09. The zero-order valence-electron chi connectivity index (χ0n) is 15.0. The monoisotopic (exact) mass is 370 g/mol. The van der Waals surface area contributed by atoms with Gasteiger partial charge in [0, 0.05) is 24.2 Å². The highest BCUT2D eigenvalue weighted by atomic mass is 16.5. The van der Waals surface area contributed by atoms with Crippen molar-refractivity contribution in [2.45, 2.75) is 19.8 Å². The van der Waals surface area contributed by atoms with E-state index in [4.69, 9.17) is 9.84 Å². The highest BCUT2D eigenvalue weighted by Crippen LogP contribution is 2.21. The standard InChI is InChI=1S/C20H22N2O5/c1-14-12-16(27-13-19(24)25)9-10-17(14)22-18(23)8-5-11-21-20(26)15-6-3-2-4-7-15/h2-4,6-7,9-10,12H,5,8,11,13H2,1H3,(H,21,26)(H,22,23)(H,24,25). The average molecular weight is 370 g/mol. The number of hydrogen-bond donors (Lipinski definition) is 3. The van der Waals surface area contributed by atoms with Crippen LogP contribution in [0.1, 0.15) is 28.8 Å². The molecule has 2 aromatic rings. The van der Waals surface area contributed by atoms with Gasteiger partial charge in [-0.15, -0.1) is 0 Å². The molecule has 0 aliphatic heterocycles. The van der Waals surface area contributed by atoms with Gasteiger partial charge in [0.2, 0.25) is 5.91 Å². The number of aryl methyl sites for hydroxylation is 1. The van der Waals surface area contributed by atoms with Crippen LogP contribution < -0.4 is 15.4 Å². The van der Waals surface area contributed by atoms with Gasteiger partial charge in [0.1, 0.15) is 5.75 Å². The van der Waals surface area contributed by atoms with E-state index in [0.29, 0.717) is 30.0 Å². The van der Waals surface area contributed by atoms with Gasteiger partial charge in [-0.2, -0.15) is 0 Å². The molecule has 0 heterocycles. The minimum atomic E-state index is -1.05. The summed E-state index contributed by atoms with van der Waals surface area (Å²) in [5, 5.41) is 14.2.